The molecule has 1 aromatic heterocycles. The van der Waals surface area contributed by atoms with Crippen LogP contribution in [-0.2, 0) is 9.84 Å². The molecular formula is C21H19ClN2O4S2. The summed E-state index contributed by atoms with van der Waals surface area (Å²) in [5.74, 6) is 1.45. The lowest BCUT2D eigenvalue weighted by Crippen LogP contribution is -2.38. The number of halogens is 1. The second-order valence-corrected chi connectivity index (χ2v) is 10.2. The highest BCUT2D eigenvalue weighted by Gasteiger charge is 2.32. The highest BCUT2D eigenvalue weighted by molar-refractivity contribution is 7.99. The first-order valence-electron chi connectivity index (χ1n) is 9.27. The van der Waals surface area contributed by atoms with Crippen LogP contribution >= 0.6 is 23.4 Å². The smallest absolute Gasteiger partial charge is 0.256 e. The Labute approximate surface area is 184 Å². The number of ether oxygens (including phenoxy) is 1. The average molecular weight is 463 g/mol. The van der Waals surface area contributed by atoms with Gasteiger partial charge in [-0.3, -0.25) is 9.78 Å². The number of sulfone groups is 1. The van der Waals surface area contributed by atoms with Crippen molar-refractivity contribution in [3.8, 4) is 5.75 Å². The maximum atomic E-state index is 13.8. The number of nitrogens with zero attached hydrogens (tertiary/aromatic N) is 2. The number of aromatic nitrogens is 1. The summed E-state index contributed by atoms with van der Waals surface area (Å²) in [4.78, 5) is 19.2. The Balaban J connectivity index is 1.99. The summed E-state index contributed by atoms with van der Waals surface area (Å²) in [7, 11) is -2.75. The molecule has 0 spiro atoms. The van der Waals surface area contributed by atoms with E-state index >= 15 is 0 Å². The Morgan fingerprint density at radius 1 is 1.17 bits per heavy atom. The Bertz CT molecular complexity index is 1220. The van der Waals surface area contributed by atoms with Crippen molar-refractivity contribution in [3.63, 3.8) is 0 Å². The first-order valence-corrected chi connectivity index (χ1v) is 12.3. The normalized spacial score (nSPS) is 14.7. The van der Waals surface area contributed by atoms with E-state index in [2.05, 4.69) is 4.98 Å². The molecule has 1 saturated heterocycles. The third-order valence-corrected chi connectivity index (χ3v) is 7.99. The Kier molecular flexibility index (Phi) is 5.90. The summed E-state index contributed by atoms with van der Waals surface area (Å²) in [6.45, 7) is 1.13. The summed E-state index contributed by atoms with van der Waals surface area (Å²) in [5, 5.41) is 0.644. The fourth-order valence-corrected chi connectivity index (χ4v) is 6.41. The van der Waals surface area contributed by atoms with Crippen LogP contribution in [0, 0.1) is 0 Å². The van der Waals surface area contributed by atoms with Gasteiger partial charge in [-0.2, -0.15) is 11.8 Å². The van der Waals surface area contributed by atoms with Crippen LogP contribution in [0.3, 0.4) is 0 Å². The molecule has 2 heterocycles. The van der Waals surface area contributed by atoms with Crippen molar-refractivity contribution in [2.24, 2.45) is 0 Å². The van der Waals surface area contributed by atoms with Crippen molar-refractivity contribution in [2.75, 3.05) is 31.7 Å². The van der Waals surface area contributed by atoms with Crippen LogP contribution in [0.2, 0.25) is 5.02 Å². The van der Waals surface area contributed by atoms with Gasteiger partial charge in [-0.1, -0.05) is 29.8 Å². The van der Waals surface area contributed by atoms with Gasteiger partial charge in [0.05, 0.1) is 23.1 Å². The third-order valence-electron chi connectivity index (χ3n) is 4.94. The van der Waals surface area contributed by atoms with Crippen LogP contribution < -0.4 is 4.74 Å². The number of carbonyl (C=O) groups is 1. The molecule has 30 heavy (non-hydrogen) atoms. The van der Waals surface area contributed by atoms with E-state index in [4.69, 9.17) is 16.3 Å². The maximum Gasteiger partial charge on any atom is 0.256 e. The molecule has 9 heteroatoms. The molecule has 2 aromatic carbocycles. The molecule has 0 N–H and O–H groups in total. The van der Waals surface area contributed by atoms with E-state index in [9.17, 15) is 13.2 Å². The number of para-hydroxylation sites is 1. The molecule has 1 aliphatic heterocycles. The molecular weight excluding hydrogens is 444 g/mol. The van der Waals surface area contributed by atoms with Gasteiger partial charge in [0.1, 0.15) is 10.6 Å². The van der Waals surface area contributed by atoms with Crippen LogP contribution in [0.25, 0.3) is 10.9 Å². The molecule has 1 amide bonds. The van der Waals surface area contributed by atoms with E-state index < -0.39 is 9.84 Å². The summed E-state index contributed by atoms with van der Waals surface area (Å²) < 4.78 is 33.0. The Morgan fingerprint density at radius 3 is 2.63 bits per heavy atom. The highest BCUT2D eigenvalue weighted by atomic mass is 35.5. The van der Waals surface area contributed by atoms with E-state index in [1.165, 1.54) is 25.4 Å². The Morgan fingerprint density at radius 2 is 1.90 bits per heavy atom. The zero-order valence-corrected chi connectivity index (χ0v) is 18.6. The lowest BCUT2D eigenvalue weighted by Gasteiger charge is -2.27. The number of benzene rings is 2. The molecule has 1 aliphatic rings. The van der Waals surface area contributed by atoms with E-state index in [0.717, 1.165) is 11.5 Å². The van der Waals surface area contributed by atoms with Crippen molar-refractivity contribution in [1.82, 2.24) is 9.88 Å². The SMILES string of the molecule is COc1ccc(Cl)cc1S(=O)(=O)c1c(C(=O)N2CCSCC2)cnc2ccccc12. The van der Waals surface area contributed by atoms with Crippen LogP contribution in [0.15, 0.2) is 58.5 Å². The van der Waals surface area contributed by atoms with Crippen molar-refractivity contribution in [2.45, 2.75) is 9.79 Å². The van der Waals surface area contributed by atoms with E-state index in [0.29, 0.717) is 24.0 Å². The molecule has 1 fully saturated rings. The number of methoxy groups -OCH3 is 1. The second kappa shape index (κ2) is 8.45. The lowest BCUT2D eigenvalue weighted by molar-refractivity contribution is 0.0768. The van der Waals surface area contributed by atoms with Gasteiger partial charge in [0.2, 0.25) is 9.84 Å². The van der Waals surface area contributed by atoms with E-state index in [1.807, 2.05) is 0 Å². The number of hydrogen-bond donors (Lipinski definition) is 0. The topological polar surface area (TPSA) is 76.6 Å². The van der Waals surface area contributed by atoms with Crippen molar-refractivity contribution in [1.29, 1.82) is 0 Å². The molecule has 0 aliphatic carbocycles. The van der Waals surface area contributed by atoms with E-state index in [1.54, 1.807) is 47.0 Å². The molecule has 0 saturated carbocycles. The molecule has 156 valence electrons. The van der Waals surface area contributed by atoms with Gasteiger partial charge in [-0.15, -0.1) is 0 Å². The summed E-state index contributed by atoms with van der Waals surface area (Å²) in [6.07, 6.45) is 1.36. The standard InChI is InChI=1S/C21H19ClN2O4S2/c1-28-18-7-6-14(22)12-19(18)30(26,27)20-15-4-2-3-5-17(15)23-13-16(20)21(25)24-8-10-29-11-9-24/h2-7,12-13H,8-11H2,1H3. The predicted molar refractivity (Wildman–Crippen MR) is 118 cm³/mol. The molecule has 0 radical (unpaired) electrons. The van der Waals surface area contributed by atoms with Gasteiger partial charge >= 0.3 is 0 Å². The van der Waals surface area contributed by atoms with Gasteiger partial charge in [0, 0.05) is 41.2 Å². The first-order chi connectivity index (χ1) is 14.4. The zero-order valence-electron chi connectivity index (χ0n) is 16.2. The number of amides is 1. The minimum atomic E-state index is -4.15. The minimum Gasteiger partial charge on any atom is -0.495 e. The minimum absolute atomic E-state index is 0.0580. The Hall–Kier alpha value is -2.29. The second-order valence-electron chi connectivity index (χ2n) is 6.72. The number of thioether (sulfide) groups is 1. The van der Waals surface area contributed by atoms with Gasteiger partial charge in [-0.05, 0) is 24.3 Å². The molecule has 0 atom stereocenters. The largest absolute Gasteiger partial charge is 0.495 e. The number of hydrogen-bond acceptors (Lipinski definition) is 6. The van der Waals surface area contributed by atoms with Gasteiger partial charge in [-0.25, -0.2) is 8.42 Å². The third kappa shape index (κ3) is 3.75. The summed E-state index contributed by atoms with van der Waals surface area (Å²) >= 11 is 7.87. The van der Waals surface area contributed by atoms with Crippen LogP contribution in [-0.4, -0.2) is 55.9 Å². The van der Waals surface area contributed by atoms with Crippen molar-refractivity contribution in [3.05, 3.63) is 59.2 Å². The molecule has 4 rings (SSSR count). The van der Waals surface area contributed by atoms with Crippen LogP contribution in [0.1, 0.15) is 10.4 Å². The van der Waals surface area contributed by atoms with Gasteiger partial charge in [0.25, 0.3) is 5.91 Å². The van der Waals surface area contributed by atoms with Gasteiger partial charge in [0.15, 0.2) is 0 Å². The number of pyridine rings is 1. The lowest BCUT2D eigenvalue weighted by atomic mass is 10.1. The first kappa shape index (κ1) is 21.0. The zero-order chi connectivity index (χ0) is 21.3. The molecule has 6 nitrogen and oxygen atoms in total. The molecule has 0 unspecified atom stereocenters. The fourth-order valence-electron chi connectivity index (χ4n) is 3.47. The average Bonchev–Trinajstić information content (AvgIpc) is 2.78. The van der Waals surface area contributed by atoms with E-state index in [-0.39, 0.29) is 32.0 Å². The van der Waals surface area contributed by atoms with Crippen LogP contribution in [0.4, 0.5) is 0 Å². The fraction of sp³-hybridized carbons (Fsp3) is 0.238. The summed E-state index contributed by atoms with van der Waals surface area (Å²) in [6, 6.07) is 11.3. The van der Waals surface area contributed by atoms with Crippen LogP contribution in [0.5, 0.6) is 5.75 Å². The molecule has 0 bridgehead atoms. The molecule has 3 aromatic rings. The van der Waals surface area contributed by atoms with Crippen molar-refractivity contribution >= 4 is 50.0 Å². The number of carbonyl (C=O) groups excluding carboxylic acids is 1. The van der Waals surface area contributed by atoms with Crippen molar-refractivity contribution < 1.29 is 17.9 Å². The number of fused-ring (bicyclic) bond motifs is 1. The monoisotopic (exact) mass is 462 g/mol. The van der Waals surface area contributed by atoms with Gasteiger partial charge < -0.3 is 9.64 Å². The number of rotatable bonds is 4. The quantitative estimate of drug-likeness (QED) is 0.585. The summed E-state index contributed by atoms with van der Waals surface area (Å²) in [5.41, 5.74) is 0.547. The predicted octanol–water partition coefficient (Wildman–Crippen LogP) is 3.92. The maximum absolute atomic E-state index is 13.8. The highest BCUT2D eigenvalue weighted by Crippen LogP contribution is 2.36.